The van der Waals surface area contributed by atoms with Gasteiger partial charge >= 0.3 is 0 Å². The number of nitrogens with zero attached hydrogens (tertiary/aromatic N) is 2. The summed E-state index contributed by atoms with van der Waals surface area (Å²) >= 11 is 6.41. The van der Waals surface area contributed by atoms with Gasteiger partial charge in [0.1, 0.15) is 12.4 Å². The van der Waals surface area contributed by atoms with Crippen LogP contribution in [-0.4, -0.2) is 36.5 Å². The monoisotopic (exact) mass is 461 g/mol. The van der Waals surface area contributed by atoms with Crippen LogP contribution < -0.4 is 15.0 Å². The van der Waals surface area contributed by atoms with Crippen LogP contribution in [-0.2, 0) is 17.8 Å². The molecule has 33 heavy (non-hydrogen) atoms. The number of para-hydroxylation sites is 2. The van der Waals surface area contributed by atoms with Crippen LogP contribution in [0.4, 0.5) is 17.1 Å². The highest BCUT2D eigenvalue weighted by molar-refractivity contribution is 6.30. The van der Waals surface area contributed by atoms with Gasteiger partial charge in [-0.15, -0.1) is 0 Å². The highest BCUT2D eigenvalue weighted by Gasteiger charge is 2.32. The Hall–Kier alpha value is -3.02. The standard InChI is InChI=1S/C27H28ClN3O2/c1-19(32)29-23-10-6-20(7-11-23)12-14-30-15-13-24(17-30)31-25-4-2-3-5-27(25)33-18-21-8-9-22(28)16-26(21)31/h2-11,16,24H,12-15,17-18H2,1H3,(H,29,32). The van der Waals surface area contributed by atoms with Gasteiger partial charge in [-0.2, -0.15) is 0 Å². The number of nitrogens with one attached hydrogen (secondary N) is 1. The van der Waals surface area contributed by atoms with Crippen LogP contribution in [0, 0.1) is 0 Å². The van der Waals surface area contributed by atoms with Crippen LogP contribution in [0.1, 0.15) is 24.5 Å². The summed E-state index contributed by atoms with van der Waals surface area (Å²) in [4.78, 5) is 16.2. The topological polar surface area (TPSA) is 44.8 Å². The molecule has 3 aromatic carbocycles. The Morgan fingerprint density at radius 2 is 1.91 bits per heavy atom. The Bertz CT molecular complexity index is 1150. The zero-order valence-electron chi connectivity index (χ0n) is 18.8. The summed E-state index contributed by atoms with van der Waals surface area (Å²) in [6, 6.07) is 22.9. The van der Waals surface area contributed by atoms with Crippen molar-refractivity contribution in [3.05, 3.63) is 82.9 Å². The molecule has 0 aromatic heterocycles. The molecule has 1 N–H and O–H groups in total. The number of fused-ring (bicyclic) bond motifs is 2. The van der Waals surface area contributed by atoms with E-state index in [1.54, 1.807) is 0 Å². The van der Waals surface area contributed by atoms with Crippen molar-refractivity contribution >= 4 is 34.6 Å². The van der Waals surface area contributed by atoms with Crippen molar-refractivity contribution in [2.75, 3.05) is 29.9 Å². The number of amides is 1. The molecule has 170 valence electrons. The largest absolute Gasteiger partial charge is 0.487 e. The number of anilines is 3. The van der Waals surface area contributed by atoms with Crippen LogP contribution in [0.3, 0.4) is 0 Å². The molecule has 0 radical (unpaired) electrons. The molecule has 6 heteroatoms. The van der Waals surface area contributed by atoms with Crippen molar-refractivity contribution < 1.29 is 9.53 Å². The van der Waals surface area contributed by atoms with Crippen LogP contribution in [0.2, 0.25) is 5.02 Å². The number of rotatable bonds is 5. The first-order chi connectivity index (χ1) is 16.1. The Morgan fingerprint density at radius 3 is 2.73 bits per heavy atom. The summed E-state index contributed by atoms with van der Waals surface area (Å²) in [5.41, 5.74) is 5.53. The first-order valence-corrected chi connectivity index (χ1v) is 11.8. The first kappa shape index (κ1) is 21.8. The van der Waals surface area contributed by atoms with Gasteiger partial charge in [0.05, 0.1) is 5.69 Å². The molecule has 1 atom stereocenters. The van der Waals surface area contributed by atoms with Gasteiger partial charge in [0.25, 0.3) is 0 Å². The molecule has 2 heterocycles. The predicted octanol–water partition coefficient (Wildman–Crippen LogP) is 5.65. The van der Waals surface area contributed by atoms with E-state index in [2.05, 4.69) is 51.5 Å². The SMILES string of the molecule is CC(=O)Nc1ccc(CCN2CCC(N3c4cc(Cl)ccc4COc4ccccc43)C2)cc1. The number of halogens is 1. The fourth-order valence-electron chi connectivity index (χ4n) is 4.81. The lowest BCUT2D eigenvalue weighted by atomic mass is 10.1. The Morgan fingerprint density at radius 1 is 1.09 bits per heavy atom. The third-order valence-corrected chi connectivity index (χ3v) is 6.65. The number of benzene rings is 3. The van der Waals surface area contributed by atoms with Crippen molar-refractivity contribution in [1.29, 1.82) is 0 Å². The Balaban J connectivity index is 1.31. The van der Waals surface area contributed by atoms with E-state index in [4.69, 9.17) is 16.3 Å². The van der Waals surface area contributed by atoms with E-state index in [1.165, 1.54) is 12.5 Å². The van der Waals surface area contributed by atoms with Crippen molar-refractivity contribution in [3.63, 3.8) is 0 Å². The molecular weight excluding hydrogens is 434 g/mol. The summed E-state index contributed by atoms with van der Waals surface area (Å²) in [5.74, 6) is 0.872. The lowest BCUT2D eigenvalue weighted by Crippen LogP contribution is -2.35. The molecule has 0 saturated carbocycles. The van der Waals surface area contributed by atoms with Crippen LogP contribution in [0.5, 0.6) is 5.75 Å². The minimum atomic E-state index is -0.0470. The number of carbonyl (C=O) groups excluding carboxylic acids is 1. The quantitative estimate of drug-likeness (QED) is 0.533. The highest BCUT2D eigenvalue weighted by Crippen LogP contribution is 2.43. The lowest BCUT2D eigenvalue weighted by Gasteiger charge is -2.32. The van der Waals surface area contributed by atoms with Crippen molar-refractivity contribution in [3.8, 4) is 5.75 Å². The van der Waals surface area contributed by atoms with Gasteiger partial charge in [-0.25, -0.2) is 0 Å². The van der Waals surface area contributed by atoms with E-state index in [9.17, 15) is 4.79 Å². The summed E-state index contributed by atoms with van der Waals surface area (Å²) < 4.78 is 6.15. The maximum atomic E-state index is 11.2. The number of hydrogen-bond donors (Lipinski definition) is 1. The molecule has 1 amide bonds. The molecule has 2 aliphatic heterocycles. The third kappa shape index (κ3) is 4.85. The second-order valence-electron chi connectivity index (χ2n) is 8.77. The molecule has 0 aliphatic carbocycles. The lowest BCUT2D eigenvalue weighted by molar-refractivity contribution is -0.114. The van der Waals surface area contributed by atoms with E-state index in [0.717, 1.165) is 65.9 Å². The Labute approximate surface area is 199 Å². The van der Waals surface area contributed by atoms with Crippen molar-refractivity contribution in [2.45, 2.75) is 32.4 Å². The maximum absolute atomic E-state index is 11.2. The summed E-state index contributed by atoms with van der Waals surface area (Å²) in [6.07, 6.45) is 2.07. The predicted molar refractivity (Wildman–Crippen MR) is 134 cm³/mol. The number of likely N-dealkylation sites (tertiary alicyclic amines) is 1. The highest BCUT2D eigenvalue weighted by atomic mass is 35.5. The fraction of sp³-hybridized carbons (Fsp3) is 0.296. The fourth-order valence-corrected chi connectivity index (χ4v) is 4.98. The minimum absolute atomic E-state index is 0.0470. The number of carbonyl (C=O) groups is 1. The molecule has 0 bridgehead atoms. The van der Waals surface area contributed by atoms with Gasteiger partial charge in [0.2, 0.25) is 5.91 Å². The second-order valence-corrected chi connectivity index (χ2v) is 9.21. The second kappa shape index (κ2) is 9.46. The number of ether oxygens (including phenoxy) is 1. The van der Waals surface area contributed by atoms with Crippen molar-refractivity contribution in [1.82, 2.24) is 4.90 Å². The zero-order valence-corrected chi connectivity index (χ0v) is 19.5. The summed E-state index contributed by atoms with van der Waals surface area (Å²) in [6.45, 7) is 5.13. The molecular formula is C27H28ClN3O2. The van der Waals surface area contributed by atoms with Crippen molar-refractivity contribution in [2.24, 2.45) is 0 Å². The van der Waals surface area contributed by atoms with Gasteiger partial charge in [0.15, 0.2) is 0 Å². The summed E-state index contributed by atoms with van der Waals surface area (Å²) in [5, 5.41) is 3.57. The average molecular weight is 462 g/mol. The van der Waals surface area contributed by atoms with Gasteiger partial charge < -0.3 is 19.9 Å². The molecule has 0 spiro atoms. The summed E-state index contributed by atoms with van der Waals surface area (Å²) in [7, 11) is 0. The average Bonchev–Trinajstić information content (AvgIpc) is 3.21. The molecule has 5 nitrogen and oxygen atoms in total. The van der Waals surface area contributed by atoms with Crippen LogP contribution >= 0.6 is 11.6 Å². The molecule has 3 aromatic rings. The molecule has 1 unspecified atom stereocenters. The molecule has 5 rings (SSSR count). The normalized spacial score (nSPS) is 17.6. The number of hydrogen-bond acceptors (Lipinski definition) is 4. The third-order valence-electron chi connectivity index (χ3n) is 6.42. The van der Waals surface area contributed by atoms with Crippen LogP contribution in [0.15, 0.2) is 66.7 Å². The first-order valence-electron chi connectivity index (χ1n) is 11.5. The smallest absolute Gasteiger partial charge is 0.221 e. The van der Waals surface area contributed by atoms with Gasteiger partial charge in [-0.3, -0.25) is 4.79 Å². The van der Waals surface area contributed by atoms with E-state index in [0.29, 0.717) is 12.6 Å². The molecule has 1 saturated heterocycles. The maximum Gasteiger partial charge on any atom is 0.221 e. The van der Waals surface area contributed by atoms with Gasteiger partial charge in [-0.05, 0) is 54.8 Å². The minimum Gasteiger partial charge on any atom is -0.487 e. The van der Waals surface area contributed by atoms with Gasteiger partial charge in [-0.1, -0.05) is 41.9 Å². The van der Waals surface area contributed by atoms with Gasteiger partial charge in [0, 0.05) is 54.6 Å². The molecule has 1 fully saturated rings. The molecule has 2 aliphatic rings. The van der Waals surface area contributed by atoms with E-state index >= 15 is 0 Å². The van der Waals surface area contributed by atoms with E-state index in [-0.39, 0.29) is 5.91 Å². The zero-order chi connectivity index (χ0) is 22.8. The van der Waals surface area contributed by atoms with E-state index in [1.807, 2.05) is 30.3 Å². The Kier molecular flexibility index (Phi) is 6.25. The van der Waals surface area contributed by atoms with Crippen LogP contribution in [0.25, 0.3) is 0 Å². The van der Waals surface area contributed by atoms with E-state index < -0.39 is 0 Å².